The van der Waals surface area contributed by atoms with Crippen LogP contribution in [0.4, 0.5) is 0 Å². The molecule has 0 aromatic heterocycles. The molecule has 582 valence electrons. The van der Waals surface area contributed by atoms with Crippen LogP contribution in [0.2, 0.25) is 0 Å². The fourth-order valence-corrected chi connectivity index (χ4v) is 13.7. The lowest BCUT2D eigenvalue weighted by Crippen LogP contribution is -2.30. The normalized spacial score (nSPS) is 14.0. The number of hydrogen-bond acceptors (Lipinski definition) is 15. The van der Waals surface area contributed by atoms with Crippen molar-refractivity contribution < 1.29 is 80.2 Å². The SMILES string of the molecule is CCCCCCCCCCCCCCCCCCC(=O)O[C@H](COC(=O)CCCCCCCCCCCCCCC(C)C)COP(=O)(O)OC[C@@H](O)COP(=O)(O)OC[C@@H](COC(=O)CCCCCCCCCCCC(C)C)OC(=O)CCCCCCCCCCCCCCC(C)C. The highest BCUT2D eigenvalue weighted by molar-refractivity contribution is 7.47. The van der Waals surface area contributed by atoms with E-state index in [4.69, 9.17) is 37.0 Å². The maximum Gasteiger partial charge on any atom is 0.472 e. The Labute approximate surface area is 600 Å². The predicted molar refractivity (Wildman–Crippen MR) is 400 cm³/mol. The highest BCUT2D eigenvalue weighted by Gasteiger charge is 2.30. The van der Waals surface area contributed by atoms with Crippen LogP contribution < -0.4 is 0 Å². The van der Waals surface area contributed by atoms with Gasteiger partial charge in [-0.1, -0.05) is 357 Å². The minimum Gasteiger partial charge on any atom is -0.462 e. The molecule has 0 rings (SSSR count). The molecule has 0 heterocycles. The summed E-state index contributed by atoms with van der Waals surface area (Å²) in [6.45, 7) is 11.9. The molecule has 17 nitrogen and oxygen atoms in total. The number of hydrogen-bond donors (Lipinski definition) is 3. The molecule has 0 aliphatic rings. The summed E-state index contributed by atoms with van der Waals surface area (Å²) in [7, 11) is -9.92. The lowest BCUT2D eigenvalue weighted by Gasteiger charge is -2.21. The minimum absolute atomic E-state index is 0.106. The number of carbonyl (C=O) groups is 4. The molecule has 5 atom stereocenters. The summed E-state index contributed by atoms with van der Waals surface area (Å²) < 4.78 is 68.7. The van der Waals surface area contributed by atoms with E-state index in [9.17, 15) is 43.2 Å². The largest absolute Gasteiger partial charge is 0.472 e. The van der Waals surface area contributed by atoms with Gasteiger partial charge < -0.3 is 33.8 Å². The number of rotatable bonds is 77. The van der Waals surface area contributed by atoms with Crippen molar-refractivity contribution in [3.63, 3.8) is 0 Å². The monoisotopic (exact) mass is 1440 g/mol. The Morgan fingerprint density at radius 3 is 0.694 bits per heavy atom. The fourth-order valence-electron chi connectivity index (χ4n) is 12.1. The van der Waals surface area contributed by atoms with Crippen LogP contribution in [0.1, 0.15) is 408 Å². The molecular weight excluding hydrogens is 1280 g/mol. The number of phosphoric ester groups is 2. The molecule has 0 fully saturated rings. The molecule has 19 heteroatoms. The van der Waals surface area contributed by atoms with Crippen LogP contribution in [-0.2, 0) is 65.4 Å². The fraction of sp³-hybridized carbons (Fsp3) is 0.949. The highest BCUT2D eigenvalue weighted by Crippen LogP contribution is 2.45. The second-order valence-electron chi connectivity index (χ2n) is 29.9. The van der Waals surface area contributed by atoms with Crippen molar-refractivity contribution in [2.24, 2.45) is 17.8 Å². The quantitative estimate of drug-likeness (QED) is 0.0222. The van der Waals surface area contributed by atoms with E-state index in [2.05, 4.69) is 48.5 Å². The summed E-state index contributed by atoms with van der Waals surface area (Å²) in [6, 6.07) is 0. The van der Waals surface area contributed by atoms with E-state index in [1.54, 1.807) is 0 Å². The van der Waals surface area contributed by atoms with Gasteiger partial charge in [0, 0.05) is 25.7 Å². The maximum absolute atomic E-state index is 13.1. The van der Waals surface area contributed by atoms with E-state index in [0.717, 1.165) is 108 Å². The van der Waals surface area contributed by atoms with E-state index in [-0.39, 0.29) is 25.7 Å². The Hall–Kier alpha value is -1.94. The van der Waals surface area contributed by atoms with Crippen LogP contribution in [0.5, 0.6) is 0 Å². The lowest BCUT2D eigenvalue weighted by atomic mass is 10.0. The number of unbranched alkanes of at least 4 members (excludes halogenated alkanes) is 45. The van der Waals surface area contributed by atoms with Crippen LogP contribution in [0.3, 0.4) is 0 Å². The summed E-state index contributed by atoms with van der Waals surface area (Å²) in [6.07, 6.45) is 56.8. The Balaban J connectivity index is 5.27. The molecule has 3 N–H and O–H groups in total. The van der Waals surface area contributed by atoms with E-state index in [0.29, 0.717) is 25.7 Å². The Bertz CT molecular complexity index is 1900. The first-order valence-corrected chi connectivity index (χ1v) is 43.8. The average molecular weight is 1440 g/mol. The Morgan fingerprint density at radius 2 is 0.469 bits per heavy atom. The van der Waals surface area contributed by atoms with Gasteiger partial charge in [0.2, 0.25) is 0 Å². The first-order chi connectivity index (χ1) is 47.2. The standard InChI is InChI=1S/C79H154O17P2/c1-8-9-10-11-12-13-14-15-16-17-18-26-33-41-48-55-62-78(83)95-74(66-89-76(81)60-53-46-39-32-25-21-19-23-29-36-43-50-57-70(2)3)68-93-97(85,86)91-64-73(80)65-92-98(87,88)94-69-75(67-90-77(82)61-54-47-40-35-28-31-38-45-52-59-72(6)7)96-79(84)63-56-49-42-34-27-22-20-24-30-37-44-51-58-71(4)5/h70-75,80H,8-69H2,1-7H3,(H,85,86)(H,87,88)/t73-,74-,75-/m1/s1. The zero-order valence-electron chi connectivity index (χ0n) is 64.3. The van der Waals surface area contributed by atoms with Crippen LogP contribution in [0, 0.1) is 17.8 Å². The molecule has 0 aliphatic carbocycles. The van der Waals surface area contributed by atoms with Crippen molar-refractivity contribution >= 4 is 39.5 Å². The van der Waals surface area contributed by atoms with E-state index < -0.39 is 97.5 Å². The predicted octanol–water partition coefficient (Wildman–Crippen LogP) is 23.4. The zero-order valence-corrected chi connectivity index (χ0v) is 66.0. The third-order valence-electron chi connectivity index (χ3n) is 18.4. The number of phosphoric acid groups is 2. The van der Waals surface area contributed by atoms with Gasteiger partial charge in [0.25, 0.3) is 0 Å². The third-order valence-corrected chi connectivity index (χ3v) is 20.3. The van der Waals surface area contributed by atoms with Crippen molar-refractivity contribution in [3.05, 3.63) is 0 Å². The molecule has 0 aromatic carbocycles. The van der Waals surface area contributed by atoms with Crippen LogP contribution >= 0.6 is 15.6 Å². The molecular formula is C79H154O17P2. The summed E-state index contributed by atoms with van der Waals surface area (Å²) in [5.74, 6) is 0.190. The number of carbonyl (C=O) groups excluding carboxylic acids is 4. The number of ether oxygens (including phenoxy) is 4. The Morgan fingerprint density at radius 1 is 0.276 bits per heavy atom. The summed E-state index contributed by atoms with van der Waals surface area (Å²) in [4.78, 5) is 73.0. The van der Waals surface area contributed by atoms with Gasteiger partial charge in [-0.05, 0) is 43.4 Å². The second kappa shape index (κ2) is 69.4. The van der Waals surface area contributed by atoms with Gasteiger partial charge >= 0.3 is 39.5 Å². The van der Waals surface area contributed by atoms with Crippen molar-refractivity contribution in [3.8, 4) is 0 Å². The van der Waals surface area contributed by atoms with Crippen LogP contribution in [0.25, 0.3) is 0 Å². The molecule has 0 spiro atoms. The first kappa shape index (κ1) is 96.1. The molecule has 0 bridgehead atoms. The molecule has 0 saturated carbocycles. The van der Waals surface area contributed by atoms with Crippen molar-refractivity contribution in [1.29, 1.82) is 0 Å². The van der Waals surface area contributed by atoms with Crippen LogP contribution in [-0.4, -0.2) is 96.7 Å². The van der Waals surface area contributed by atoms with Gasteiger partial charge in [-0.15, -0.1) is 0 Å². The second-order valence-corrected chi connectivity index (χ2v) is 32.8. The van der Waals surface area contributed by atoms with Gasteiger partial charge in [0.05, 0.1) is 26.4 Å². The van der Waals surface area contributed by atoms with Gasteiger partial charge in [-0.2, -0.15) is 0 Å². The number of aliphatic hydroxyl groups excluding tert-OH is 1. The summed E-state index contributed by atoms with van der Waals surface area (Å²) in [5, 5.41) is 10.6. The van der Waals surface area contributed by atoms with E-state index >= 15 is 0 Å². The molecule has 0 aliphatic heterocycles. The summed E-state index contributed by atoms with van der Waals surface area (Å²) >= 11 is 0. The van der Waals surface area contributed by atoms with Gasteiger partial charge in [-0.25, -0.2) is 9.13 Å². The van der Waals surface area contributed by atoms with Gasteiger partial charge in [0.1, 0.15) is 19.3 Å². The maximum atomic E-state index is 13.1. The highest BCUT2D eigenvalue weighted by atomic mass is 31.2. The molecule has 0 radical (unpaired) electrons. The molecule has 98 heavy (non-hydrogen) atoms. The average Bonchev–Trinajstić information content (AvgIpc) is 1.07. The first-order valence-electron chi connectivity index (χ1n) is 40.8. The lowest BCUT2D eigenvalue weighted by molar-refractivity contribution is -0.161. The van der Waals surface area contributed by atoms with Crippen LogP contribution in [0.15, 0.2) is 0 Å². The Kier molecular flexibility index (Phi) is 68.1. The van der Waals surface area contributed by atoms with Crippen molar-refractivity contribution in [1.82, 2.24) is 0 Å². The molecule has 2 unspecified atom stereocenters. The van der Waals surface area contributed by atoms with E-state index in [1.165, 1.54) is 218 Å². The van der Waals surface area contributed by atoms with Crippen molar-refractivity contribution in [2.45, 2.75) is 426 Å². The topological polar surface area (TPSA) is 237 Å². The molecule has 0 saturated heterocycles. The zero-order chi connectivity index (χ0) is 72.3. The minimum atomic E-state index is -4.96. The number of esters is 4. The van der Waals surface area contributed by atoms with Crippen molar-refractivity contribution in [2.75, 3.05) is 39.6 Å². The van der Waals surface area contributed by atoms with Gasteiger partial charge in [0.15, 0.2) is 12.2 Å². The third kappa shape index (κ3) is 72.4. The number of aliphatic hydroxyl groups is 1. The smallest absolute Gasteiger partial charge is 0.462 e. The van der Waals surface area contributed by atoms with E-state index in [1.807, 2.05) is 0 Å². The molecule has 0 aromatic rings. The molecule has 0 amide bonds. The van der Waals surface area contributed by atoms with Gasteiger partial charge in [-0.3, -0.25) is 37.3 Å². The summed E-state index contributed by atoms with van der Waals surface area (Å²) in [5.41, 5.74) is 0.